The average Bonchev–Trinajstić information content (AvgIpc) is 2.58. The topological polar surface area (TPSA) is 35.2 Å². The van der Waals surface area contributed by atoms with Crippen LogP contribution in [0.3, 0.4) is 0 Å². The van der Waals surface area contributed by atoms with Gasteiger partial charge in [-0.25, -0.2) is 0 Å². The first-order valence-corrected chi connectivity index (χ1v) is 6.06. The van der Waals surface area contributed by atoms with E-state index in [1.54, 1.807) is 18.4 Å². The predicted octanol–water partition coefficient (Wildman–Crippen LogP) is 2.95. The fraction of sp³-hybridized carbons (Fsp3) is 0.636. The maximum Gasteiger partial charge on any atom is 0.134 e. The fourth-order valence-electron chi connectivity index (χ4n) is 1.94. The fourth-order valence-corrected chi connectivity index (χ4v) is 2.82. The second-order valence-corrected chi connectivity index (χ2v) is 4.94. The van der Waals surface area contributed by atoms with Crippen LogP contribution in [0.2, 0.25) is 0 Å². The van der Waals surface area contributed by atoms with Crippen molar-refractivity contribution < 1.29 is 4.74 Å². The molecule has 0 bridgehead atoms. The van der Waals surface area contributed by atoms with Crippen LogP contribution >= 0.6 is 11.3 Å². The van der Waals surface area contributed by atoms with Gasteiger partial charge in [-0.3, -0.25) is 0 Å². The highest BCUT2D eigenvalue weighted by molar-refractivity contribution is 7.10. The molecule has 1 aliphatic carbocycles. The van der Waals surface area contributed by atoms with Crippen LogP contribution in [0.15, 0.2) is 11.4 Å². The number of hydrogen-bond donors (Lipinski definition) is 1. The summed E-state index contributed by atoms with van der Waals surface area (Å²) in [4.78, 5) is 1.21. The Morgan fingerprint density at radius 1 is 1.64 bits per heavy atom. The maximum atomic E-state index is 6.16. The summed E-state index contributed by atoms with van der Waals surface area (Å²) in [5, 5.41) is 2.05. The smallest absolute Gasteiger partial charge is 0.134 e. The van der Waals surface area contributed by atoms with Crippen molar-refractivity contribution in [3.63, 3.8) is 0 Å². The number of nitrogens with two attached hydrogens (primary N) is 1. The van der Waals surface area contributed by atoms with Crippen LogP contribution in [0.5, 0.6) is 5.75 Å². The van der Waals surface area contributed by atoms with E-state index >= 15 is 0 Å². The molecule has 3 heteroatoms. The van der Waals surface area contributed by atoms with Crippen LogP contribution in [0, 0.1) is 5.92 Å². The van der Waals surface area contributed by atoms with Gasteiger partial charge in [-0.05, 0) is 23.8 Å². The molecule has 0 saturated heterocycles. The predicted molar refractivity (Wildman–Crippen MR) is 59.8 cm³/mol. The summed E-state index contributed by atoms with van der Waals surface area (Å²) >= 11 is 1.71. The van der Waals surface area contributed by atoms with Crippen LogP contribution in [0.4, 0.5) is 0 Å². The Hall–Kier alpha value is -0.540. The molecule has 0 aromatic carbocycles. The van der Waals surface area contributed by atoms with Crippen molar-refractivity contribution in [1.29, 1.82) is 0 Å². The molecule has 1 fully saturated rings. The van der Waals surface area contributed by atoms with E-state index in [2.05, 4.69) is 5.38 Å². The highest BCUT2D eigenvalue weighted by Gasteiger charge is 2.23. The summed E-state index contributed by atoms with van der Waals surface area (Å²) in [5.41, 5.74) is 6.16. The molecule has 2 nitrogen and oxygen atoms in total. The lowest BCUT2D eigenvalue weighted by atomic mass is 9.81. The minimum Gasteiger partial charge on any atom is -0.496 e. The molecule has 78 valence electrons. The van der Waals surface area contributed by atoms with Crippen molar-refractivity contribution in [3.8, 4) is 5.75 Å². The summed E-state index contributed by atoms with van der Waals surface area (Å²) in [5.74, 6) is 1.82. The lowest BCUT2D eigenvalue weighted by molar-refractivity contribution is 0.276. The van der Waals surface area contributed by atoms with Gasteiger partial charge < -0.3 is 10.5 Å². The molecule has 1 atom stereocenters. The van der Waals surface area contributed by atoms with Crippen molar-refractivity contribution >= 4 is 11.3 Å². The summed E-state index contributed by atoms with van der Waals surface area (Å²) in [6.07, 6.45) is 5.23. The highest BCUT2D eigenvalue weighted by Crippen LogP contribution is 2.38. The van der Waals surface area contributed by atoms with Gasteiger partial charge in [0.25, 0.3) is 0 Å². The van der Waals surface area contributed by atoms with Crippen LogP contribution < -0.4 is 10.5 Å². The van der Waals surface area contributed by atoms with Crippen molar-refractivity contribution in [3.05, 3.63) is 16.3 Å². The number of hydrogen-bond acceptors (Lipinski definition) is 3. The number of thiophene rings is 1. The molecule has 1 aromatic heterocycles. The van der Waals surface area contributed by atoms with Crippen molar-refractivity contribution in [2.75, 3.05) is 7.11 Å². The molecule has 2 N–H and O–H groups in total. The molecule has 1 aromatic rings. The van der Waals surface area contributed by atoms with Gasteiger partial charge in [0.05, 0.1) is 12.0 Å². The molecule has 1 saturated carbocycles. The Kier molecular flexibility index (Phi) is 3.08. The Morgan fingerprint density at radius 2 is 2.43 bits per heavy atom. The van der Waals surface area contributed by atoms with E-state index in [-0.39, 0.29) is 6.04 Å². The average molecular weight is 211 g/mol. The van der Waals surface area contributed by atoms with Crippen molar-refractivity contribution in [2.45, 2.75) is 31.7 Å². The van der Waals surface area contributed by atoms with E-state index in [1.807, 2.05) is 6.07 Å². The van der Waals surface area contributed by atoms with Gasteiger partial charge in [0, 0.05) is 6.04 Å². The molecular weight excluding hydrogens is 194 g/mol. The first kappa shape index (κ1) is 9.99. The van der Waals surface area contributed by atoms with E-state index in [0.717, 1.165) is 18.1 Å². The monoisotopic (exact) mass is 211 g/mol. The third kappa shape index (κ3) is 1.93. The van der Waals surface area contributed by atoms with E-state index in [9.17, 15) is 0 Å². The molecular formula is C11H17NOS. The quantitative estimate of drug-likeness (QED) is 0.831. The van der Waals surface area contributed by atoms with Gasteiger partial charge in [-0.15, -0.1) is 11.3 Å². The first-order chi connectivity index (χ1) is 6.81. The normalized spacial score (nSPS) is 19.0. The van der Waals surface area contributed by atoms with Crippen molar-refractivity contribution in [1.82, 2.24) is 0 Å². The molecule has 1 aliphatic rings. The molecule has 0 aliphatic heterocycles. The molecule has 0 spiro atoms. The van der Waals surface area contributed by atoms with Crippen LogP contribution in [0.1, 0.15) is 36.6 Å². The minimum atomic E-state index is 0.176. The third-order valence-electron chi connectivity index (χ3n) is 3.03. The Labute approximate surface area is 89.1 Å². The van der Waals surface area contributed by atoms with Crippen LogP contribution in [0.25, 0.3) is 0 Å². The van der Waals surface area contributed by atoms with Crippen LogP contribution in [-0.4, -0.2) is 7.11 Å². The van der Waals surface area contributed by atoms with E-state index in [1.165, 1.54) is 24.1 Å². The van der Waals surface area contributed by atoms with E-state index < -0.39 is 0 Å². The Bertz CT molecular complexity index is 293. The lowest BCUT2D eigenvalue weighted by Crippen LogP contribution is -2.19. The molecule has 1 unspecified atom stereocenters. The lowest BCUT2D eigenvalue weighted by Gasteiger charge is -2.27. The standard InChI is InChI=1S/C11H17NOS/c1-13-10-5-6-14-11(10)9(12)7-8-3-2-4-8/h5-6,8-9H,2-4,7,12H2,1H3. The summed E-state index contributed by atoms with van der Waals surface area (Å²) in [7, 11) is 1.71. The molecule has 0 radical (unpaired) electrons. The summed E-state index contributed by atoms with van der Waals surface area (Å²) in [6, 6.07) is 2.18. The van der Waals surface area contributed by atoms with E-state index in [0.29, 0.717) is 0 Å². The molecule has 1 heterocycles. The van der Waals surface area contributed by atoms with Gasteiger partial charge in [-0.2, -0.15) is 0 Å². The first-order valence-electron chi connectivity index (χ1n) is 5.18. The van der Waals surface area contributed by atoms with Crippen molar-refractivity contribution in [2.24, 2.45) is 11.7 Å². The van der Waals surface area contributed by atoms with Gasteiger partial charge in [-0.1, -0.05) is 19.3 Å². The van der Waals surface area contributed by atoms with Gasteiger partial charge in [0.2, 0.25) is 0 Å². The Balaban J connectivity index is 1.98. The van der Waals surface area contributed by atoms with Gasteiger partial charge in [0.1, 0.15) is 5.75 Å². The zero-order valence-electron chi connectivity index (χ0n) is 8.53. The largest absolute Gasteiger partial charge is 0.496 e. The highest BCUT2D eigenvalue weighted by atomic mass is 32.1. The van der Waals surface area contributed by atoms with E-state index in [4.69, 9.17) is 10.5 Å². The third-order valence-corrected chi connectivity index (χ3v) is 4.06. The molecule has 14 heavy (non-hydrogen) atoms. The summed E-state index contributed by atoms with van der Waals surface area (Å²) in [6.45, 7) is 0. The second kappa shape index (κ2) is 4.32. The number of rotatable bonds is 4. The van der Waals surface area contributed by atoms with Gasteiger partial charge in [0.15, 0.2) is 0 Å². The van der Waals surface area contributed by atoms with Crippen LogP contribution in [-0.2, 0) is 0 Å². The molecule has 0 amide bonds. The number of ether oxygens (including phenoxy) is 1. The summed E-state index contributed by atoms with van der Waals surface area (Å²) < 4.78 is 5.27. The van der Waals surface area contributed by atoms with Gasteiger partial charge >= 0.3 is 0 Å². The minimum absolute atomic E-state index is 0.176. The zero-order valence-corrected chi connectivity index (χ0v) is 9.35. The SMILES string of the molecule is COc1ccsc1C(N)CC1CCC1. The maximum absolute atomic E-state index is 6.16. The number of methoxy groups -OCH3 is 1. The Morgan fingerprint density at radius 3 is 3.00 bits per heavy atom. The second-order valence-electron chi connectivity index (χ2n) is 3.99. The zero-order chi connectivity index (χ0) is 9.97. The molecule has 2 rings (SSSR count).